The van der Waals surface area contributed by atoms with Crippen molar-refractivity contribution < 1.29 is 22.7 Å². The summed E-state index contributed by atoms with van der Waals surface area (Å²) in [6.07, 6.45) is 0. The van der Waals surface area contributed by atoms with E-state index in [9.17, 15) is 17.6 Å². The van der Waals surface area contributed by atoms with Crippen LogP contribution < -0.4 is 4.72 Å². The lowest BCUT2D eigenvalue weighted by Crippen LogP contribution is -2.17. The van der Waals surface area contributed by atoms with Crippen LogP contribution in [-0.2, 0) is 10.0 Å². The van der Waals surface area contributed by atoms with Gasteiger partial charge in [-0.05, 0) is 19.1 Å². The summed E-state index contributed by atoms with van der Waals surface area (Å²) in [5, 5.41) is 14.3. The molecule has 1 heterocycles. The molecule has 1 aromatic carbocycles. The van der Waals surface area contributed by atoms with Crippen molar-refractivity contribution in [1.29, 1.82) is 0 Å². The molecular weight excluding hydrogens is 325 g/mol. The normalized spacial score (nSPS) is 11.4. The smallest absolute Gasteiger partial charge is 0.357 e. The van der Waals surface area contributed by atoms with Gasteiger partial charge in [-0.15, -0.1) is 0 Å². The lowest BCUT2D eigenvalue weighted by atomic mass is 10.3. The van der Waals surface area contributed by atoms with E-state index in [1.54, 1.807) is 0 Å². The Kier molecular flexibility index (Phi) is 3.88. The van der Waals surface area contributed by atoms with Crippen molar-refractivity contribution in [2.24, 2.45) is 0 Å². The number of aryl methyl sites for hydroxylation is 1. The molecule has 112 valence electrons. The molecular formula is C11H9ClFN3O4S. The summed E-state index contributed by atoms with van der Waals surface area (Å²) in [6.45, 7) is 1.34. The fraction of sp³-hybridized carbons (Fsp3) is 0.0909. The van der Waals surface area contributed by atoms with E-state index < -0.39 is 32.4 Å². The van der Waals surface area contributed by atoms with Crippen LogP contribution in [-0.4, -0.2) is 29.7 Å². The number of hydrogen-bond donors (Lipinski definition) is 3. The van der Waals surface area contributed by atoms with E-state index in [1.165, 1.54) is 19.1 Å². The van der Waals surface area contributed by atoms with Gasteiger partial charge in [0.15, 0.2) is 11.5 Å². The molecule has 0 amide bonds. The van der Waals surface area contributed by atoms with Crippen molar-refractivity contribution in [2.45, 2.75) is 11.8 Å². The zero-order chi connectivity index (χ0) is 15.8. The van der Waals surface area contributed by atoms with Crippen molar-refractivity contribution in [3.63, 3.8) is 0 Å². The van der Waals surface area contributed by atoms with E-state index in [1.807, 2.05) is 4.72 Å². The molecule has 2 aromatic rings. The van der Waals surface area contributed by atoms with Crippen LogP contribution in [0.5, 0.6) is 0 Å². The Balaban J connectivity index is 2.51. The Morgan fingerprint density at radius 3 is 2.76 bits per heavy atom. The minimum atomic E-state index is -4.34. The quantitative estimate of drug-likeness (QED) is 0.792. The second-order valence-corrected chi connectivity index (χ2v) is 6.06. The molecule has 10 heteroatoms. The highest BCUT2D eigenvalue weighted by molar-refractivity contribution is 7.92. The highest BCUT2D eigenvalue weighted by atomic mass is 35.5. The topological polar surface area (TPSA) is 112 Å². The van der Waals surface area contributed by atoms with Crippen molar-refractivity contribution in [3.05, 3.63) is 40.4 Å². The summed E-state index contributed by atoms with van der Waals surface area (Å²) >= 11 is 5.56. The van der Waals surface area contributed by atoms with Crippen LogP contribution >= 0.6 is 11.6 Å². The van der Waals surface area contributed by atoms with Crippen LogP contribution in [0.25, 0.3) is 0 Å². The van der Waals surface area contributed by atoms with Crippen LogP contribution in [0, 0.1) is 12.7 Å². The molecule has 7 nitrogen and oxygen atoms in total. The standard InChI is InChI=1S/C11H9ClFN3O4S/c1-5-10(9(11(17)18)15-14-5)21(19,20)16-7-4-2-3-6(12)8(7)13/h2-4,16H,1H3,(H,14,15)(H,17,18). The number of anilines is 1. The third-order valence-corrected chi connectivity index (χ3v) is 4.38. The molecule has 0 saturated heterocycles. The molecule has 0 bridgehead atoms. The van der Waals surface area contributed by atoms with Crippen LogP contribution in [0.3, 0.4) is 0 Å². The summed E-state index contributed by atoms with van der Waals surface area (Å²) in [5.41, 5.74) is -1.05. The average molecular weight is 334 g/mol. The molecule has 1 aromatic heterocycles. The van der Waals surface area contributed by atoms with Gasteiger partial charge < -0.3 is 5.11 Å². The number of hydrogen-bond acceptors (Lipinski definition) is 4. The summed E-state index contributed by atoms with van der Waals surface area (Å²) in [4.78, 5) is 10.4. The molecule has 0 aliphatic carbocycles. The van der Waals surface area contributed by atoms with Gasteiger partial charge in [-0.2, -0.15) is 5.10 Å². The maximum absolute atomic E-state index is 13.7. The zero-order valence-electron chi connectivity index (χ0n) is 10.5. The maximum atomic E-state index is 13.7. The molecule has 0 unspecified atom stereocenters. The number of H-pyrrole nitrogens is 1. The first kappa shape index (κ1) is 15.3. The summed E-state index contributed by atoms with van der Waals surface area (Å²) in [6, 6.07) is 3.76. The first-order valence-electron chi connectivity index (χ1n) is 5.49. The Morgan fingerprint density at radius 1 is 1.48 bits per heavy atom. The Bertz CT molecular complexity index is 819. The second-order valence-electron chi connectivity index (χ2n) is 4.04. The fourth-order valence-electron chi connectivity index (χ4n) is 1.67. The molecule has 0 radical (unpaired) electrons. The van der Waals surface area contributed by atoms with Crippen molar-refractivity contribution >= 4 is 33.3 Å². The van der Waals surface area contributed by atoms with Crippen molar-refractivity contribution in [2.75, 3.05) is 4.72 Å². The molecule has 0 fully saturated rings. The van der Waals surface area contributed by atoms with E-state index in [2.05, 4.69) is 10.2 Å². The predicted octanol–water partition coefficient (Wildman–Crippen LogP) is 2.01. The number of aromatic amines is 1. The number of nitrogens with one attached hydrogen (secondary N) is 2. The van der Waals surface area contributed by atoms with E-state index in [4.69, 9.17) is 16.7 Å². The van der Waals surface area contributed by atoms with Gasteiger partial charge in [0.2, 0.25) is 0 Å². The molecule has 0 spiro atoms. The minimum absolute atomic E-state index is 0.0161. The number of carboxylic acids is 1. The Labute approximate surface area is 123 Å². The molecule has 2 rings (SSSR count). The monoisotopic (exact) mass is 333 g/mol. The van der Waals surface area contributed by atoms with Crippen LogP contribution in [0.2, 0.25) is 5.02 Å². The zero-order valence-corrected chi connectivity index (χ0v) is 12.1. The van der Waals surface area contributed by atoms with Crippen molar-refractivity contribution in [3.8, 4) is 0 Å². The number of sulfonamides is 1. The first-order valence-corrected chi connectivity index (χ1v) is 7.35. The number of carbonyl (C=O) groups is 1. The Hall–Kier alpha value is -2.13. The lowest BCUT2D eigenvalue weighted by molar-refractivity contribution is 0.0686. The first-order chi connectivity index (χ1) is 9.74. The minimum Gasteiger partial charge on any atom is -0.476 e. The van der Waals surface area contributed by atoms with E-state index in [0.29, 0.717) is 0 Å². The third-order valence-electron chi connectivity index (χ3n) is 2.56. The molecule has 0 aliphatic heterocycles. The van der Waals surface area contributed by atoms with Crippen LogP contribution in [0.4, 0.5) is 10.1 Å². The molecule has 21 heavy (non-hydrogen) atoms. The highest BCUT2D eigenvalue weighted by Crippen LogP contribution is 2.26. The van der Waals surface area contributed by atoms with Gasteiger partial charge in [0.05, 0.1) is 16.4 Å². The van der Waals surface area contributed by atoms with E-state index in [0.717, 1.165) is 6.07 Å². The molecule has 0 aliphatic rings. The number of aromatic carboxylic acids is 1. The highest BCUT2D eigenvalue weighted by Gasteiger charge is 2.29. The molecule has 3 N–H and O–H groups in total. The van der Waals surface area contributed by atoms with Gasteiger partial charge in [0.25, 0.3) is 10.0 Å². The van der Waals surface area contributed by atoms with E-state index >= 15 is 0 Å². The van der Waals surface area contributed by atoms with E-state index in [-0.39, 0.29) is 16.4 Å². The molecule has 0 atom stereocenters. The fourth-order valence-corrected chi connectivity index (χ4v) is 3.23. The summed E-state index contributed by atoms with van der Waals surface area (Å²) in [7, 11) is -4.34. The summed E-state index contributed by atoms with van der Waals surface area (Å²) < 4.78 is 40.1. The summed E-state index contributed by atoms with van der Waals surface area (Å²) in [5.74, 6) is -2.48. The molecule has 0 saturated carbocycles. The van der Waals surface area contributed by atoms with Crippen molar-refractivity contribution in [1.82, 2.24) is 10.2 Å². The number of carboxylic acid groups (broad SMARTS) is 1. The van der Waals surface area contributed by atoms with Crippen LogP contribution in [0.15, 0.2) is 23.1 Å². The van der Waals surface area contributed by atoms with Gasteiger partial charge in [-0.3, -0.25) is 9.82 Å². The number of rotatable bonds is 4. The Morgan fingerprint density at radius 2 is 2.14 bits per heavy atom. The van der Waals surface area contributed by atoms with Gasteiger partial charge in [0.1, 0.15) is 4.90 Å². The number of nitrogens with zero attached hydrogens (tertiary/aromatic N) is 1. The predicted molar refractivity (Wildman–Crippen MR) is 72.5 cm³/mol. The second kappa shape index (κ2) is 5.34. The SMILES string of the molecule is Cc1[nH]nc(C(=O)O)c1S(=O)(=O)Nc1cccc(Cl)c1F. The van der Waals surface area contributed by atoms with Gasteiger partial charge >= 0.3 is 5.97 Å². The van der Waals surface area contributed by atoms with Gasteiger partial charge in [-0.25, -0.2) is 17.6 Å². The maximum Gasteiger partial charge on any atom is 0.357 e. The van der Waals surface area contributed by atoms with Gasteiger partial charge in [0, 0.05) is 0 Å². The lowest BCUT2D eigenvalue weighted by Gasteiger charge is -2.09. The largest absolute Gasteiger partial charge is 0.476 e. The van der Waals surface area contributed by atoms with Gasteiger partial charge in [-0.1, -0.05) is 17.7 Å². The van der Waals surface area contributed by atoms with Crippen LogP contribution in [0.1, 0.15) is 16.2 Å². The third kappa shape index (κ3) is 2.83. The average Bonchev–Trinajstić information content (AvgIpc) is 2.78. The number of benzene rings is 1. The number of aromatic nitrogens is 2. The number of halogens is 2.